The van der Waals surface area contributed by atoms with Crippen molar-refractivity contribution < 1.29 is 57.6 Å². The van der Waals surface area contributed by atoms with Crippen LogP contribution >= 0.6 is 0 Å². The van der Waals surface area contributed by atoms with E-state index >= 15 is 17.6 Å². The topological polar surface area (TPSA) is 33.5 Å². The molecule has 1 aliphatic heterocycles. The van der Waals surface area contributed by atoms with Crippen LogP contribution in [0.15, 0.2) is 152 Å². The second-order valence-electron chi connectivity index (χ2n) is 22.3. The fourth-order valence-electron chi connectivity index (χ4n) is 9.78. The summed E-state index contributed by atoms with van der Waals surface area (Å²) in [6.07, 6.45) is 1.77. The molecule has 0 saturated heterocycles. The third kappa shape index (κ3) is 9.87. The Balaban J connectivity index is 0.00000753. The molecule has 0 atom stereocenters. The van der Waals surface area contributed by atoms with E-state index in [9.17, 15) is 14.3 Å². The molecule has 398 valence electrons. The van der Waals surface area contributed by atoms with Crippen LogP contribution < -0.4 is 14.5 Å². The smallest absolute Gasteiger partial charge is 0.136 e. The molecule has 0 spiro atoms. The summed E-state index contributed by atoms with van der Waals surface area (Å²) in [7, 11) is 0. The number of hydrogen-bond donors (Lipinski definition) is 0. The summed E-state index contributed by atoms with van der Waals surface area (Å²) in [6, 6.07) is 36.2. The molecule has 11 rings (SSSR count). The fraction of sp³-hybridized carbons (Fsp3) is 0.182. The Morgan fingerprint density at radius 3 is 1.65 bits per heavy atom. The van der Waals surface area contributed by atoms with E-state index in [-0.39, 0.29) is 101 Å². The van der Waals surface area contributed by atoms with Crippen LogP contribution in [0, 0.1) is 53.7 Å². The van der Waals surface area contributed by atoms with Gasteiger partial charge in [-0.15, -0.1) is 53.6 Å². The van der Waals surface area contributed by atoms with Gasteiger partial charge in [-0.05, 0) is 86.3 Å². The van der Waals surface area contributed by atoms with Crippen molar-refractivity contribution in [2.75, 3.05) is 9.80 Å². The van der Waals surface area contributed by atoms with Crippen LogP contribution in [0.5, 0.6) is 11.5 Å². The molecule has 0 N–H and O–H groups in total. The van der Waals surface area contributed by atoms with Crippen molar-refractivity contribution >= 4 is 44.6 Å². The summed E-state index contributed by atoms with van der Waals surface area (Å²) in [5.41, 5.74) is 0.346. The quantitative estimate of drug-likeness (QED) is 0.112. The van der Waals surface area contributed by atoms with Gasteiger partial charge in [0.05, 0.1) is 16.6 Å². The van der Waals surface area contributed by atoms with Gasteiger partial charge in [0.25, 0.3) is 0 Å². The van der Waals surface area contributed by atoms with Gasteiger partial charge < -0.3 is 19.1 Å². The van der Waals surface area contributed by atoms with E-state index in [1.54, 1.807) is 95.1 Å². The summed E-state index contributed by atoms with van der Waals surface area (Å²) in [5.74, 6) is -6.70. The first-order valence-electron chi connectivity index (χ1n) is 27.0. The maximum atomic E-state index is 16.4. The molecule has 0 unspecified atom stereocenters. The van der Waals surface area contributed by atoms with Gasteiger partial charge in [0.15, 0.2) is 0 Å². The van der Waals surface area contributed by atoms with Crippen molar-refractivity contribution in [2.45, 2.75) is 78.6 Å². The first-order chi connectivity index (χ1) is 38.2. The fourth-order valence-corrected chi connectivity index (χ4v) is 9.78. The van der Waals surface area contributed by atoms with Crippen LogP contribution in [-0.4, -0.2) is 9.55 Å². The number of hydrogen-bond acceptors (Lipinski definition) is 4. The van der Waals surface area contributed by atoms with Gasteiger partial charge >= 0.3 is 0 Å². The Hall–Kier alpha value is -7.62. The van der Waals surface area contributed by atoms with Crippen molar-refractivity contribution in [1.82, 2.24) is 9.55 Å². The van der Waals surface area contributed by atoms with E-state index in [0.29, 0.717) is 52.5 Å². The largest absolute Gasteiger partial charge is 0.509 e. The molecule has 0 radical (unpaired) electrons. The van der Waals surface area contributed by atoms with Crippen LogP contribution in [0.1, 0.15) is 84.5 Å². The molecular formula is C66H53F6N4OPt-3. The number of ether oxygens (including phenoxy) is 1. The van der Waals surface area contributed by atoms with Gasteiger partial charge in [-0.2, -0.15) is 6.07 Å². The van der Waals surface area contributed by atoms with Gasteiger partial charge in [-0.25, -0.2) is 31.3 Å². The Labute approximate surface area is 470 Å². The van der Waals surface area contributed by atoms with Gasteiger partial charge in [-0.1, -0.05) is 122 Å². The summed E-state index contributed by atoms with van der Waals surface area (Å²) in [4.78, 5) is 7.89. The number of aromatic nitrogens is 2. The number of pyridine rings is 1. The second-order valence-corrected chi connectivity index (χ2v) is 22.3. The van der Waals surface area contributed by atoms with E-state index in [1.165, 1.54) is 23.7 Å². The zero-order chi connectivity index (χ0) is 57.9. The molecule has 0 aliphatic carbocycles. The predicted octanol–water partition coefficient (Wildman–Crippen LogP) is 18.7. The van der Waals surface area contributed by atoms with E-state index in [1.807, 2.05) is 47.0 Å². The zero-order valence-corrected chi connectivity index (χ0v) is 46.3. The first kappa shape index (κ1) is 48.7. The van der Waals surface area contributed by atoms with Crippen molar-refractivity contribution in [2.24, 2.45) is 0 Å². The van der Waals surface area contributed by atoms with Crippen molar-refractivity contribution in [1.29, 1.82) is 0 Å². The second kappa shape index (κ2) is 20.0. The first-order valence-corrected chi connectivity index (χ1v) is 25.0. The van der Waals surface area contributed by atoms with Gasteiger partial charge in [0.1, 0.15) is 40.7 Å². The Morgan fingerprint density at radius 1 is 0.526 bits per heavy atom. The molecule has 0 amide bonds. The van der Waals surface area contributed by atoms with Crippen molar-refractivity contribution in [3.8, 4) is 50.7 Å². The average molecular weight is 1230 g/mol. The minimum absolute atomic E-state index is 0. The number of para-hydroxylation sites is 3. The summed E-state index contributed by atoms with van der Waals surface area (Å²) >= 11 is 0. The molecule has 0 saturated carbocycles. The van der Waals surface area contributed by atoms with Gasteiger partial charge in [-0.3, -0.25) is 0 Å². The zero-order valence-electron chi connectivity index (χ0n) is 48.0. The van der Waals surface area contributed by atoms with Crippen LogP contribution in [0.3, 0.4) is 0 Å². The molecular weight excluding hydrogens is 1170 g/mol. The van der Waals surface area contributed by atoms with Crippen molar-refractivity contribution in [3.05, 3.63) is 222 Å². The predicted molar refractivity (Wildman–Crippen MR) is 296 cm³/mol. The number of nitrogens with zero attached hydrogens (tertiary/aromatic N) is 4. The molecule has 12 heteroatoms. The Morgan fingerprint density at radius 2 is 1.08 bits per heavy atom. The molecule has 3 heterocycles. The third-order valence-corrected chi connectivity index (χ3v) is 13.8. The normalized spacial score (nSPS) is 13.6. The molecule has 1 aliphatic rings. The van der Waals surface area contributed by atoms with Crippen LogP contribution in [0.2, 0.25) is 0 Å². The average Bonchev–Trinajstić information content (AvgIpc) is 2.87. The van der Waals surface area contributed by atoms with E-state index in [4.69, 9.17) is 9.72 Å². The molecule has 8 aromatic carbocycles. The molecule has 0 bridgehead atoms. The number of rotatable bonds is 8. The summed E-state index contributed by atoms with van der Waals surface area (Å²) in [5, 5.41) is 1.80. The monoisotopic (exact) mass is 1230 g/mol. The molecule has 10 aromatic rings. The van der Waals surface area contributed by atoms with Gasteiger partial charge in [0, 0.05) is 96.7 Å². The maximum Gasteiger partial charge on any atom is 0.136 e. The Bertz CT molecular complexity index is 4090. The molecule has 0 fully saturated rings. The molecule has 5 nitrogen and oxygen atoms in total. The van der Waals surface area contributed by atoms with Gasteiger partial charge in [0.2, 0.25) is 0 Å². The third-order valence-electron chi connectivity index (χ3n) is 13.8. The molecule has 78 heavy (non-hydrogen) atoms. The summed E-state index contributed by atoms with van der Waals surface area (Å²) in [6.45, 7) is 18.7. The van der Waals surface area contributed by atoms with Crippen molar-refractivity contribution in [3.63, 3.8) is 0 Å². The van der Waals surface area contributed by atoms with E-state index in [0.717, 1.165) is 21.9 Å². The minimum Gasteiger partial charge on any atom is -0.509 e. The number of anilines is 4. The summed E-state index contributed by atoms with van der Waals surface area (Å²) < 4.78 is 141. The van der Waals surface area contributed by atoms with Crippen LogP contribution in [-0.2, 0) is 37.3 Å². The van der Waals surface area contributed by atoms with Crippen LogP contribution in [0.4, 0.5) is 49.1 Å². The minimum atomic E-state index is -1.31. The standard InChI is InChI=1S/C66H53F6N4O.Pt/c1-64(2,3)40-20-18-38(19-21-40)39-26-45(35-47(27-39)77-46-22-23-49-48-14-10-11-15-56(48)76(59(49)36-46)60-30-41(24-25-73-60)65(4,5)6)74-37-75(58-17-13-12-16-57(58)74)63-50(61-52(69)31-43(67)32-53(61)70)28-42(66(7,8)9)29-51(63)62-54(71)33-44(68)34-55(62)72;/h10-34,37H,1-9H3;/q-3;/i18D,19D,20D,21D;. The maximum absolute atomic E-state index is 16.4. The SMILES string of the molecule is [2H]c1c([2H])c(C(C)(C)C)c([2H])c([2H])c1-c1cc(Oc2[c-]c3c(cc2)c2ccccc2n3-c2cc(C(C)(C)C)ccn2)[c-]c(N2[CH-]N(c3c(-c4c(F)cc(F)cc4F)cc(C(C)(C)C)cc3-c3c(F)cc(F)cc3F)c3ccccc32)c1.[Pt]. The van der Waals surface area contributed by atoms with E-state index < -0.39 is 56.9 Å². The Kier molecular flexibility index (Phi) is 12.5. The molecule has 2 aromatic heterocycles. The van der Waals surface area contributed by atoms with E-state index in [2.05, 4.69) is 32.9 Å². The number of benzene rings is 8. The van der Waals surface area contributed by atoms with Crippen LogP contribution in [0.25, 0.3) is 61.0 Å². The number of fused-ring (bicyclic) bond motifs is 4. The number of halogens is 6.